The van der Waals surface area contributed by atoms with Gasteiger partial charge in [-0.15, -0.1) is 0 Å². The lowest BCUT2D eigenvalue weighted by Gasteiger charge is -2.42. The zero-order valence-corrected chi connectivity index (χ0v) is 40.7. The van der Waals surface area contributed by atoms with Gasteiger partial charge >= 0.3 is 0 Å². The number of carbonyl (C=O) groups excluding carboxylic acids is 3. The third kappa shape index (κ3) is 24.0. The Balaban J connectivity index is 1.85. The molecule has 24 nitrogen and oxygen atoms in total. The topological polar surface area (TPSA) is 363 Å². The Bertz CT molecular complexity index is 1470. The first-order valence-electron chi connectivity index (χ1n) is 23.9. The number of hydrogen-bond acceptors (Lipinski definition) is 21. The molecule has 2 rings (SSSR count). The average molecular weight is 1000 g/mol. The molecule has 7 unspecified atom stereocenters. The average Bonchev–Trinajstić information content (AvgIpc) is 3.40. The lowest BCUT2D eigenvalue weighted by Crippen LogP contribution is -2.64. The minimum Gasteiger partial charge on any atom is -0.508 e. The van der Waals surface area contributed by atoms with Gasteiger partial charge in [-0.3, -0.25) is 14.4 Å². The molecule has 2 aliphatic rings. The monoisotopic (exact) mass is 1000 g/mol. The second-order valence-electron chi connectivity index (χ2n) is 17.9. The van der Waals surface area contributed by atoms with Crippen LogP contribution < -0.4 is 16.0 Å². The normalized spacial score (nSPS) is 27.4. The first kappa shape index (κ1) is 62.4. The van der Waals surface area contributed by atoms with Crippen molar-refractivity contribution in [3.63, 3.8) is 0 Å². The molecule has 69 heavy (non-hydrogen) atoms. The van der Waals surface area contributed by atoms with Crippen LogP contribution >= 0.6 is 0 Å². The van der Waals surface area contributed by atoms with Crippen LogP contribution in [0.3, 0.4) is 0 Å². The molecule has 0 aliphatic carbocycles. The standard InChI is InChI=1S/C45H83N3O21/c1-28(52)46-31-22-33(56)38(57)34(23-50)68-43(31)66-20-12-6-9-17-63-26-45(4,25-62-16-8-5-11-19-65-42(61)36(47-29(2)53)39(58)32(55)14-15-49)27-64-18-10-7-13-21-67-44-37(48-30(3)54)41(60)40(59)35(24-51)69-44/h31-35,37-38,40-44,49-51,55-61H,5-27H2,1-4H3,(H,46,52)(H,47,53)(H,48,54)/b39-36+/t31?,32-,33?,34?,35?,37?,38+,40-,41?,42-,43+,44+,45?/m0/s1. The summed E-state index contributed by atoms with van der Waals surface area (Å²) in [6.07, 6.45) is -7.20. The predicted molar refractivity (Wildman–Crippen MR) is 243 cm³/mol. The van der Waals surface area contributed by atoms with Crippen LogP contribution in [0.1, 0.15) is 98.3 Å². The molecule has 0 bridgehead atoms. The van der Waals surface area contributed by atoms with Gasteiger partial charge in [-0.05, 0) is 57.8 Å². The fourth-order valence-corrected chi connectivity index (χ4v) is 7.50. The zero-order chi connectivity index (χ0) is 51.4. The van der Waals surface area contributed by atoms with Crippen LogP contribution in [0.15, 0.2) is 11.5 Å². The maximum atomic E-state index is 11.8. The van der Waals surface area contributed by atoms with Gasteiger partial charge in [0.25, 0.3) is 0 Å². The van der Waals surface area contributed by atoms with Gasteiger partial charge in [0.1, 0.15) is 54.1 Å². The smallest absolute Gasteiger partial charge is 0.221 e. The maximum absolute atomic E-state index is 11.8. The van der Waals surface area contributed by atoms with E-state index in [9.17, 15) is 60.3 Å². The second-order valence-corrected chi connectivity index (χ2v) is 17.9. The van der Waals surface area contributed by atoms with Gasteiger partial charge < -0.3 is 105 Å². The number of carbonyl (C=O) groups is 3. The quantitative estimate of drug-likeness (QED) is 0.0181. The van der Waals surface area contributed by atoms with E-state index in [-0.39, 0.29) is 38.6 Å². The predicted octanol–water partition coefficient (Wildman–Crippen LogP) is -2.15. The van der Waals surface area contributed by atoms with Crippen molar-refractivity contribution in [2.75, 3.05) is 79.3 Å². The Morgan fingerprint density at radius 3 is 1.61 bits per heavy atom. The summed E-state index contributed by atoms with van der Waals surface area (Å²) in [7, 11) is 0. The van der Waals surface area contributed by atoms with Crippen molar-refractivity contribution in [3.8, 4) is 0 Å². The van der Waals surface area contributed by atoms with Crippen LogP contribution in [-0.4, -0.2) is 222 Å². The van der Waals surface area contributed by atoms with Gasteiger partial charge in [-0.1, -0.05) is 6.92 Å². The zero-order valence-electron chi connectivity index (χ0n) is 40.7. The van der Waals surface area contributed by atoms with E-state index >= 15 is 0 Å². The molecule has 13 N–H and O–H groups in total. The number of aliphatic hydroxyl groups excluding tert-OH is 10. The fourth-order valence-electron chi connectivity index (χ4n) is 7.50. The maximum Gasteiger partial charge on any atom is 0.221 e. The van der Waals surface area contributed by atoms with Gasteiger partial charge in [0, 0.05) is 78.7 Å². The highest BCUT2D eigenvalue weighted by atomic mass is 16.7. The largest absolute Gasteiger partial charge is 0.508 e. The number of aliphatic hydroxyl groups is 10. The molecule has 0 radical (unpaired) electrons. The van der Waals surface area contributed by atoms with Gasteiger partial charge in [0.15, 0.2) is 18.9 Å². The van der Waals surface area contributed by atoms with Crippen molar-refractivity contribution in [2.24, 2.45) is 5.41 Å². The van der Waals surface area contributed by atoms with E-state index in [0.717, 1.165) is 6.42 Å². The molecular weight excluding hydrogens is 918 g/mol. The third-order valence-corrected chi connectivity index (χ3v) is 11.3. The third-order valence-electron chi connectivity index (χ3n) is 11.3. The van der Waals surface area contributed by atoms with Crippen LogP contribution in [0, 0.1) is 5.41 Å². The van der Waals surface area contributed by atoms with E-state index in [4.69, 9.17) is 43.0 Å². The molecule has 2 saturated heterocycles. The Morgan fingerprint density at radius 2 is 1.12 bits per heavy atom. The number of unbranched alkanes of at least 4 members (excludes halogenated alkanes) is 6. The van der Waals surface area contributed by atoms with Crippen LogP contribution in [-0.2, 0) is 52.3 Å². The highest BCUT2D eigenvalue weighted by Crippen LogP contribution is 2.25. The molecule has 3 amide bonds. The summed E-state index contributed by atoms with van der Waals surface area (Å²) in [6, 6.07) is -1.75. The van der Waals surface area contributed by atoms with Crippen LogP contribution in [0.2, 0.25) is 0 Å². The lowest BCUT2D eigenvalue weighted by atomic mass is 9.94. The van der Waals surface area contributed by atoms with Crippen molar-refractivity contribution in [2.45, 2.75) is 172 Å². The molecule has 0 aromatic carbocycles. The molecule has 0 aromatic rings. The fraction of sp³-hybridized carbons (Fsp3) is 0.889. The molecule has 404 valence electrons. The van der Waals surface area contributed by atoms with Gasteiger partial charge in [0.05, 0.1) is 51.8 Å². The summed E-state index contributed by atoms with van der Waals surface area (Å²) in [6.45, 7) is 6.98. The minimum atomic E-state index is -1.72. The van der Waals surface area contributed by atoms with Gasteiger partial charge in [0.2, 0.25) is 17.7 Å². The van der Waals surface area contributed by atoms with E-state index in [0.29, 0.717) is 91.0 Å². The summed E-state index contributed by atoms with van der Waals surface area (Å²) < 4.78 is 46.7. The first-order chi connectivity index (χ1) is 32.9. The van der Waals surface area contributed by atoms with Gasteiger partial charge in [-0.25, -0.2) is 0 Å². The Kier molecular flexibility index (Phi) is 31.3. The Morgan fingerprint density at radius 1 is 0.638 bits per heavy atom. The minimum absolute atomic E-state index is 0.0174. The summed E-state index contributed by atoms with van der Waals surface area (Å²) >= 11 is 0. The second kappa shape index (κ2) is 34.6. The van der Waals surface area contributed by atoms with E-state index in [1.165, 1.54) is 20.8 Å². The van der Waals surface area contributed by atoms with E-state index in [1.807, 2.05) is 6.92 Å². The van der Waals surface area contributed by atoms with Gasteiger partial charge in [-0.2, -0.15) is 0 Å². The van der Waals surface area contributed by atoms with Crippen molar-refractivity contribution in [1.29, 1.82) is 0 Å². The molecular formula is C45H83N3O21. The van der Waals surface area contributed by atoms with E-state index in [1.54, 1.807) is 0 Å². The van der Waals surface area contributed by atoms with Crippen LogP contribution in [0.25, 0.3) is 0 Å². The van der Waals surface area contributed by atoms with Crippen molar-refractivity contribution in [1.82, 2.24) is 16.0 Å². The van der Waals surface area contributed by atoms with Crippen molar-refractivity contribution in [3.05, 3.63) is 11.5 Å². The number of rotatable bonds is 36. The first-order valence-corrected chi connectivity index (χ1v) is 23.9. The number of ether oxygens (including phenoxy) is 8. The molecule has 0 aromatic heterocycles. The van der Waals surface area contributed by atoms with Crippen LogP contribution in [0.4, 0.5) is 0 Å². The molecule has 24 heteroatoms. The molecule has 0 spiro atoms. The van der Waals surface area contributed by atoms with E-state index in [2.05, 4.69) is 16.0 Å². The highest BCUT2D eigenvalue weighted by molar-refractivity contribution is 5.75. The summed E-state index contributed by atoms with van der Waals surface area (Å²) in [4.78, 5) is 35.1. The van der Waals surface area contributed by atoms with E-state index < -0.39 is 122 Å². The number of hydrogen-bond donors (Lipinski definition) is 13. The van der Waals surface area contributed by atoms with Crippen LogP contribution in [0.5, 0.6) is 0 Å². The Labute approximate surface area is 404 Å². The van der Waals surface area contributed by atoms with Crippen molar-refractivity contribution >= 4 is 17.7 Å². The molecule has 13 atom stereocenters. The molecule has 2 aliphatic heterocycles. The summed E-state index contributed by atoms with van der Waals surface area (Å²) in [5, 5.41) is 108. The molecule has 0 saturated carbocycles. The van der Waals surface area contributed by atoms with Crippen molar-refractivity contribution < 1.29 is 103 Å². The SMILES string of the molecule is CC(=O)N/C(=C(/O)[C@@H](O)CCO)[C@@H](O)OCCCCCOCC(C)(COCCCCCO[C@@H]1OC(CO)[C@H](O)C(O)CC1NC(C)=O)COCCCCCO[C@@H]1OC(CO)[C@H](O)C(O)C1NC(C)=O. The number of amides is 3. The molecule has 2 heterocycles. The Hall–Kier alpha value is -2.73. The lowest BCUT2D eigenvalue weighted by molar-refractivity contribution is -0.270. The number of nitrogens with one attached hydrogen (secondary N) is 3. The summed E-state index contributed by atoms with van der Waals surface area (Å²) in [5.41, 5.74) is -0.934. The summed E-state index contributed by atoms with van der Waals surface area (Å²) in [5.74, 6) is -2.11. The molecule has 2 fully saturated rings. The highest BCUT2D eigenvalue weighted by Gasteiger charge is 2.45.